The third kappa shape index (κ3) is 6.22. The van der Waals surface area contributed by atoms with Gasteiger partial charge in [-0.15, -0.1) is 0 Å². The molecule has 0 bridgehead atoms. The minimum Gasteiger partial charge on any atom is -0.453 e. The quantitative estimate of drug-likeness (QED) is 0.540. The Bertz CT molecular complexity index is 1120. The van der Waals surface area contributed by atoms with Gasteiger partial charge < -0.3 is 20.3 Å². The van der Waals surface area contributed by atoms with Crippen molar-refractivity contribution in [3.63, 3.8) is 0 Å². The molecule has 0 spiro atoms. The fraction of sp³-hybridized carbons (Fsp3) is 0.381. The number of alkyl carbamates (subject to hydrolysis) is 1. The molecule has 0 saturated heterocycles. The Morgan fingerprint density at radius 3 is 2.82 bits per heavy atom. The molecule has 1 aliphatic rings. The molecule has 1 aliphatic heterocycles. The molecule has 2 aromatic rings. The Balaban J connectivity index is 1.58. The lowest BCUT2D eigenvalue weighted by atomic mass is 10.2. The predicted molar refractivity (Wildman–Crippen MR) is 123 cm³/mol. The Morgan fingerprint density at radius 1 is 1.35 bits per heavy atom. The molecule has 0 unspecified atom stereocenters. The number of amides is 3. The Labute approximate surface area is 200 Å². The van der Waals surface area contributed by atoms with Crippen LogP contribution in [0.2, 0.25) is 5.02 Å². The summed E-state index contributed by atoms with van der Waals surface area (Å²) in [4.78, 5) is 42.2. The molecule has 2 heterocycles. The number of guanidine groups is 1. The molecule has 3 rings (SSSR count). The fourth-order valence-electron chi connectivity index (χ4n) is 3.18. The van der Waals surface area contributed by atoms with E-state index in [1.54, 1.807) is 26.1 Å². The highest BCUT2D eigenvalue weighted by atomic mass is 35.5. The van der Waals surface area contributed by atoms with Gasteiger partial charge in [-0.25, -0.2) is 14.2 Å². The van der Waals surface area contributed by atoms with E-state index >= 15 is 0 Å². The van der Waals surface area contributed by atoms with Crippen LogP contribution in [0.15, 0.2) is 29.4 Å². The second-order valence-corrected chi connectivity index (χ2v) is 8.11. The largest absolute Gasteiger partial charge is 0.453 e. The van der Waals surface area contributed by atoms with Crippen LogP contribution in [-0.2, 0) is 34.0 Å². The summed E-state index contributed by atoms with van der Waals surface area (Å²) in [6.45, 7) is 3.42. The van der Waals surface area contributed by atoms with E-state index in [2.05, 4.69) is 30.8 Å². The van der Waals surface area contributed by atoms with Crippen molar-refractivity contribution in [1.82, 2.24) is 25.3 Å². The Morgan fingerprint density at radius 2 is 2.12 bits per heavy atom. The molecule has 13 heteroatoms. The molecule has 11 nitrogen and oxygen atoms in total. The third-order valence-electron chi connectivity index (χ3n) is 4.95. The summed E-state index contributed by atoms with van der Waals surface area (Å²) in [6, 6.07) is 4.28. The molecule has 0 fully saturated rings. The van der Waals surface area contributed by atoms with Gasteiger partial charge in [0.2, 0.25) is 17.8 Å². The summed E-state index contributed by atoms with van der Waals surface area (Å²) in [7, 11) is 1.24. The van der Waals surface area contributed by atoms with Crippen molar-refractivity contribution >= 4 is 41.2 Å². The van der Waals surface area contributed by atoms with E-state index in [9.17, 15) is 18.8 Å². The van der Waals surface area contributed by atoms with Crippen molar-refractivity contribution in [1.29, 1.82) is 0 Å². The molecule has 3 N–H and O–H groups in total. The van der Waals surface area contributed by atoms with Crippen LogP contribution in [-0.4, -0.2) is 58.2 Å². The van der Waals surface area contributed by atoms with Crippen molar-refractivity contribution in [2.75, 3.05) is 19.0 Å². The SMILES string of the molecule is COC(=O)NC1=NCc2nn(CC(=O)N(CC(=O)NCc3cccc(Cl)c3F)C(C)C)cc2N1. The number of hydrogen-bond acceptors (Lipinski definition) is 7. The molecule has 182 valence electrons. The number of benzene rings is 1. The second-order valence-electron chi connectivity index (χ2n) is 7.70. The minimum absolute atomic E-state index is 0.0271. The van der Waals surface area contributed by atoms with Crippen LogP contribution in [0.25, 0.3) is 0 Å². The molecular formula is C21H25ClFN7O4. The number of anilines is 1. The van der Waals surface area contributed by atoms with Crippen molar-refractivity contribution in [3.8, 4) is 0 Å². The van der Waals surface area contributed by atoms with Gasteiger partial charge in [-0.05, 0) is 19.9 Å². The maximum atomic E-state index is 14.0. The van der Waals surface area contributed by atoms with Crippen molar-refractivity contribution in [2.45, 2.75) is 39.5 Å². The van der Waals surface area contributed by atoms with Gasteiger partial charge in [0.05, 0.1) is 30.9 Å². The summed E-state index contributed by atoms with van der Waals surface area (Å²) < 4.78 is 20.0. The molecule has 0 aliphatic carbocycles. The number of methoxy groups -OCH3 is 1. The molecule has 0 radical (unpaired) electrons. The first-order valence-electron chi connectivity index (χ1n) is 10.4. The summed E-state index contributed by atoms with van der Waals surface area (Å²) in [5.74, 6) is -1.14. The van der Waals surface area contributed by atoms with E-state index in [1.807, 2.05) is 0 Å². The van der Waals surface area contributed by atoms with Gasteiger partial charge in [-0.1, -0.05) is 23.7 Å². The van der Waals surface area contributed by atoms with Crippen LogP contribution < -0.4 is 16.0 Å². The summed E-state index contributed by atoms with van der Waals surface area (Å²) in [6.07, 6.45) is 0.947. The average Bonchev–Trinajstić information content (AvgIpc) is 3.19. The minimum atomic E-state index is -0.666. The third-order valence-corrected chi connectivity index (χ3v) is 5.24. The zero-order chi connectivity index (χ0) is 24.8. The fourth-order valence-corrected chi connectivity index (χ4v) is 3.37. The number of nitrogens with zero attached hydrogens (tertiary/aromatic N) is 4. The molecule has 3 amide bonds. The number of carbonyl (C=O) groups is 3. The van der Waals surface area contributed by atoms with E-state index < -0.39 is 17.8 Å². The highest BCUT2D eigenvalue weighted by Crippen LogP contribution is 2.19. The normalized spacial score (nSPS) is 12.4. The number of aromatic nitrogens is 2. The predicted octanol–water partition coefficient (Wildman–Crippen LogP) is 1.87. The van der Waals surface area contributed by atoms with Crippen LogP contribution in [0.3, 0.4) is 0 Å². The maximum absolute atomic E-state index is 14.0. The van der Waals surface area contributed by atoms with Crippen molar-refractivity contribution < 1.29 is 23.5 Å². The number of halogens is 2. The number of aliphatic imine (C=N–C) groups is 1. The average molecular weight is 494 g/mol. The molecule has 0 saturated carbocycles. The number of ether oxygens (including phenoxy) is 1. The van der Waals surface area contributed by atoms with Gasteiger partial charge in [0, 0.05) is 24.3 Å². The van der Waals surface area contributed by atoms with Crippen molar-refractivity contribution in [2.24, 2.45) is 4.99 Å². The Hall–Kier alpha value is -3.67. The number of nitrogens with one attached hydrogen (secondary N) is 3. The van der Waals surface area contributed by atoms with Crippen LogP contribution in [0.4, 0.5) is 14.9 Å². The van der Waals surface area contributed by atoms with Crippen LogP contribution in [0.1, 0.15) is 25.1 Å². The van der Waals surface area contributed by atoms with E-state index in [1.165, 1.54) is 28.8 Å². The highest BCUT2D eigenvalue weighted by Gasteiger charge is 2.23. The van der Waals surface area contributed by atoms with Crippen molar-refractivity contribution in [3.05, 3.63) is 46.5 Å². The molecule has 0 atom stereocenters. The zero-order valence-electron chi connectivity index (χ0n) is 18.9. The van der Waals surface area contributed by atoms with Gasteiger partial charge in [0.25, 0.3) is 0 Å². The number of fused-ring (bicyclic) bond motifs is 1. The van der Waals surface area contributed by atoms with Crippen LogP contribution >= 0.6 is 11.6 Å². The summed E-state index contributed by atoms with van der Waals surface area (Å²) in [5.41, 5.74) is 1.44. The molecule has 34 heavy (non-hydrogen) atoms. The van der Waals surface area contributed by atoms with Crippen LogP contribution in [0, 0.1) is 5.82 Å². The number of rotatable bonds is 7. The van der Waals surface area contributed by atoms with E-state index in [0.29, 0.717) is 11.4 Å². The van der Waals surface area contributed by atoms with Gasteiger partial charge in [-0.2, -0.15) is 5.10 Å². The molecular weight excluding hydrogens is 469 g/mol. The molecule has 1 aromatic heterocycles. The highest BCUT2D eigenvalue weighted by molar-refractivity contribution is 6.30. The second kappa shape index (κ2) is 11.0. The van der Waals surface area contributed by atoms with Crippen LogP contribution in [0.5, 0.6) is 0 Å². The number of hydrogen-bond donors (Lipinski definition) is 3. The lowest BCUT2D eigenvalue weighted by Gasteiger charge is -2.26. The van der Waals surface area contributed by atoms with E-state index in [0.717, 1.165) is 0 Å². The summed E-state index contributed by atoms with van der Waals surface area (Å²) in [5, 5.41) is 12.3. The topological polar surface area (TPSA) is 130 Å². The zero-order valence-corrected chi connectivity index (χ0v) is 19.6. The van der Waals surface area contributed by atoms with E-state index in [-0.39, 0.29) is 54.7 Å². The first kappa shape index (κ1) is 25.0. The lowest BCUT2D eigenvalue weighted by Crippen LogP contribution is -2.45. The number of carbonyl (C=O) groups excluding carboxylic acids is 3. The Kier molecular flexibility index (Phi) is 8.05. The maximum Gasteiger partial charge on any atom is 0.413 e. The molecule has 1 aromatic carbocycles. The van der Waals surface area contributed by atoms with Gasteiger partial charge in [0.1, 0.15) is 18.1 Å². The van der Waals surface area contributed by atoms with E-state index in [4.69, 9.17) is 11.6 Å². The van der Waals surface area contributed by atoms with Gasteiger partial charge >= 0.3 is 6.09 Å². The standard InChI is InChI=1S/C21H25ClFN7O4/c1-12(2)30(10-17(31)24-7-13-5-4-6-14(22)19(13)23)18(32)11-29-9-16-15(28-29)8-25-20(26-16)27-21(33)34-3/h4-6,9,12H,7-8,10-11H2,1-3H3,(H,24,31)(H2,25,26,27,33). The van der Waals surface area contributed by atoms with Gasteiger partial charge in [0.15, 0.2) is 0 Å². The first-order valence-corrected chi connectivity index (χ1v) is 10.8. The summed E-state index contributed by atoms with van der Waals surface area (Å²) >= 11 is 5.76. The van der Waals surface area contributed by atoms with Gasteiger partial charge in [-0.3, -0.25) is 19.6 Å². The smallest absolute Gasteiger partial charge is 0.413 e. The monoisotopic (exact) mass is 493 g/mol. The lowest BCUT2D eigenvalue weighted by molar-refractivity contribution is -0.138. The first-order chi connectivity index (χ1) is 16.2.